The Kier molecular flexibility index (Phi) is 4.45. The summed E-state index contributed by atoms with van der Waals surface area (Å²) in [4.78, 5) is 4.19. The van der Waals surface area contributed by atoms with Crippen molar-refractivity contribution in [1.29, 1.82) is 0 Å². The number of nitrogen functional groups attached to an aromatic ring is 1. The summed E-state index contributed by atoms with van der Waals surface area (Å²) in [6.45, 7) is 4.39. The highest BCUT2D eigenvalue weighted by atomic mass is 16.5. The molecule has 1 aromatic carbocycles. The Balaban J connectivity index is 2.14. The number of benzene rings is 1. The monoisotopic (exact) mass is 272 g/mol. The number of nitrogens with zero attached hydrogens (tertiary/aromatic N) is 1. The van der Waals surface area contributed by atoms with Crippen molar-refractivity contribution < 1.29 is 9.47 Å². The van der Waals surface area contributed by atoms with E-state index in [1.54, 1.807) is 12.1 Å². The largest absolute Gasteiger partial charge is 0.479 e. The Hall–Kier alpha value is -2.23. The number of ether oxygens (including phenoxy) is 2. The maximum atomic E-state index is 5.72. The predicted octanol–water partition coefficient (Wildman–Crippen LogP) is 3.98. The van der Waals surface area contributed by atoms with Crippen LogP contribution in [-0.4, -0.2) is 12.1 Å². The highest BCUT2D eigenvalue weighted by molar-refractivity contribution is 5.49. The Bertz CT molecular complexity index is 567. The van der Waals surface area contributed by atoms with Gasteiger partial charge < -0.3 is 15.2 Å². The van der Waals surface area contributed by atoms with Crippen LogP contribution in [0.25, 0.3) is 0 Å². The fourth-order valence-electron chi connectivity index (χ4n) is 1.88. The van der Waals surface area contributed by atoms with E-state index in [-0.39, 0.29) is 0 Å². The van der Waals surface area contributed by atoms with Crippen molar-refractivity contribution in [2.45, 2.75) is 26.2 Å². The third-order valence-electron chi connectivity index (χ3n) is 3.34. The summed E-state index contributed by atoms with van der Waals surface area (Å²) in [6.07, 6.45) is 1.12. The molecule has 0 aliphatic carbocycles. The Morgan fingerprint density at radius 3 is 2.45 bits per heavy atom. The summed E-state index contributed by atoms with van der Waals surface area (Å²) < 4.78 is 10.8. The second kappa shape index (κ2) is 6.28. The topological polar surface area (TPSA) is 57.4 Å². The lowest BCUT2D eigenvalue weighted by Gasteiger charge is -2.11. The molecule has 20 heavy (non-hydrogen) atoms. The van der Waals surface area contributed by atoms with Crippen molar-refractivity contribution in [3.63, 3.8) is 0 Å². The first-order valence-corrected chi connectivity index (χ1v) is 6.72. The maximum Gasteiger partial charge on any atom is 0.240 e. The molecular weight excluding hydrogens is 252 g/mol. The number of aromatic nitrogens is 1. The zero-order valence-electron chi connectivity index (χ0n) is 12.1. The second-order valence-electron chi connectivity index (χ2n) is 4.73. The lowest BCUT2D eigenvalue weighted by Crippen LogP contribution is -1.97. The SMILES string of the molecule is CCC(C)c1ccc(Oc2ccc(N)c(OC)n2)cc1. The van der Waals surface area contributed by atoms with Crippen molar-refractivity contribution in [3.8, 4) is 17.5 Å². The van der Waals surface area contributed by atoms with Gasteiger partial charge in [-0.1, -0.05) is 26.0 Å². The van der Waals surface area contributed by atoms with Gasteiger partial charge in [0.25, 0.3) is 0 Å². The van der Waals surface area contributed by atoms with Crippen molar-refractivity contribution in [2.75, 3.05) is 12.8 Å². The molecule has 1 unspecified atom stereocenters. The molecule has 2 rings (SSSR count). The maximum absolute atomic E-state index is 5.72. The molecule has 1 atom stereocenters. The normalized spacial score (nSPS) is 11.9. The molecule has 0 saturated heterocycles. The third kappa shape index (κ3) is 3.20. The Morgan fingerprint density at radius 2 is 1.85 bits per heavy atom. The summed E-state index contributed by atoms with van der Waals surface area (Å²) in [5, 5.41) is 0. The van der Waals surface area contributed by atoms with E-state index in [1.807, 2.05) is 12.1 Å². The molecular formula is C16H20N2O2. The zero-order chi connectivity index (χ0) is 14.5. The Morgan fingerprint density at radius 1 is 1.15 bits per heavy atom. The van der Waals surface area contributed by atoms with Gasteiger partial charge in [0.05, 0.1) is 12.8 Å². The molecule has 2 N–H and O–H groups in total. The number of anilines is 1. The van der Waals surface area contributed by atoms with Crippen molar-refractivity contribution in [2.24, 2.45) is 0 Å². The molecule has 1 heterocycles. The van der Waals surface area contributed by atoms with Gasteiger partial charge in [-0.15, -0.1) is 0 Å². The minimum Gasteiger partial charge on any atom is -0.479 e. The van der Waals surface area contributed by atoms with Crippen LogP contribution in [0.1, 0.15) is 31.7 Å². The number of pyridine rings is 1. The first-order chi connectivity index (χ1) is 9.63. The summed E-state index contributed by atoms with van der Waals surface area (Å²) in [7, 11) is 1.53. The molecule has 0 aliphatic rings. The van der Waals surface area contributed by atoms with Crippen molar-refractivity contribution in [1.82, 2.24) is 4.98 Å². The predicted molar refractivity (Wildman–Crippen MR) is 80.4 cm³/mol. The van der Waals surface area contributed by atoms with E-state index in [9.17, 15) is 0 Å². The molecule has 4 nitrogen and oxygen atoms in total. The van der Waals surface area contributed by atoms with Gasteiger partial charge in [0.2, 0.25) is 11.8 Å². The molecule has 0 radical (unpaired) electrons. The molecule has 4 heteroatoms. The number of methoxy groups -OCH3 is 1. The summed E-state index contributed by atoms with van der Waals surface area (Å²) >= 11 is 0. The molecule has 0 amide bonds. The van der Waals surface area contributed by atoms with Gasteiger partial charge in [0.1, 0.15) is 5.75 Å². The van der Waals surface area contributed by atoms with E-state index in [0.717, 1.165) is 12.2 Å². The summed E-state index contributed by atoms with van der Waals surface area (Å²) in [5.74, 6) is 2.14. The van der Waals surface area contributed by atoms with Crippen LogP contribution in [0, 0.1) is 0 Å². The van der Waals surface area contributed by atoms with Crippen LogP contribution in [0.3, 0.4) is 0 Å². The third-order valence-corrected chi connectivity index (χ3v) is 3.34. The van der Waals surface area contributed by atoms with Gasteiger partial charge in [0, 0.05) is 6.07 Å². The number of nitrogens with two attached hydrogens (primary N) is 1. The van der Waals surface area contributed by atoms with Gasteiger partial charge in [-0.25, -0.2) is 0 Å². The van der Waals surface area contributed by atoms with E-state index >= 15 is 0 Å². The zero-order valence-corrected chi connectivity index (χ0v) is 12.1. The van der Waals surface area contributed by atoms with E-state index in [1.165, 1.54) is 12.7 Å². The fraction of sp³-hybridized carbons (Fsp3) is 0.312. The second-order valence-corrected chi connectivity index (χ2v) is 4.73. The first kappa shape index (κ1) is 14.2. The molecule has 1 aromatic heterocycles. The van der Waals surface area contributed by atoms with Crippen LogP contribution in [0.5, 0.6) is 17.5 Å². The van der Waals surface area contributed by atoms with Gasteiger partial charge in [0.15, 0.2) is 0 Å². The van der Waals surface area contributed by atoms with Crippen LogP contribution in [0.15, 0.2) is 36.4 Å². The molecule has 2 aromatic rings. The molecule has 0 saturated carbocycles. The standard InChI is InChI=1S/C16H20N2O2/c1-4-11(2)12-5-7-13(8-6-12)20-15-10-9-14(17)16(18-15)19-3/h5-11H,4,17H2,1-3H3. The number of hydrogen-bond acceptors (Lipinski definition) is 4. The molecule has 0 aliphatic heterocycles. The van der Waals surface area contributed by atoms with E-state index < -0.39 is 0 Å². The Labute approximate surface area is 119 Å². The van der Waals surface area contributed by atoms with E-state index in [0.29, 0.717) is 23.4 Å². The quantitative estimate of drug-likeness (QED) is 0.894. The smallest absolute Gasteiger partial charge is 0.240 e. The number of hydrogen-bond donors (Lipinski definition) is 1. The van der Waals surface area contributed by atoms with Crippen LogP contribution in [0.4, 0.5) is 5.69 Å². The van der Waals surface area contributed by atoms with Gasteiger partial charge in [-0.05, 0) is 36.1 Å². The molecule has 0 bridgehead atoms. The van der Waals surface area contributed by atoms with Gasteiger partial charge in [-0.3, -0.25) is 0 Å². The summed E-state index contributed by atoms with van der Waals surface area (Å²) in [5.41, 5.74) is 7.52. The minimum absolute atomic E-state index is 0.374. The first-order valence-electron chi connectivity index (χ1n) is 6.72. The lowest BCUT2D eigenvalue weighted by atomic mass is 9.99. The van der Waals surface area contributed by atoms with Crippen molar-refractivity contribution in [3.05, 3.63) is 42.0 Å². The van der Waals surface area contributed by atoms with Crippen LogP contribution in [-0.2, 0) is 0 Å². The average molecular weight is 272 g/mol. The lowest BCUT2D eigenvalue weighted by molar-refractivity contribution is 0.385. The highest BCUT2D eigenvalue weighted by Crippen LogP contribution is 2.27. The highest BCUT2D eigenvalue weighted by Gasteiger charge is 2.06. The van der Waals surface area contributed by atoms with E-state index in [4.69, 9.17) is 15.2 Å². The average Bonchev–Trinajstić information content (AvgIpc) is 2.49. The van der Waals surface area contributed by atoms with Gasteiger partial charge in [-0.2, -0.15) is 4.98 Å². The van der Waals surface area contributed by atoms with Gasteiger partial charge >= 0.3 is 0 Å². The summed E-state index contributed by atoms with van der Waals surface area (Å²) in [6, 6.07) is 11.5. The molecule has 0 spiro atoms. The van der Waals surface area contributed by atoms with E-state index in [2.05, 4.69) is 31.0 Å². The number of rotatable bonds is 5. The molecule has 0 fully saturated rings. The fourth-order valence-corrected chi connectivity index (χ4v) is 1.88. The minimum atomic E-state index is 0.374. The molecule has 106 valence electrons. The van der Waals surface area contributed by atoms with Crippen LogP contribution in [0.2, 0.25) is 0 Å². The van der Waals surface area contributed by atoms with Crippen LogP contribution < -0.4 is 15.2 Å². The van der Waals surface area contributed by atoms with Crippen LogP contribution >= 0.6 is 0 Å². The van der Waals surface area contributed by atoms with Crippen molar-refractivity contribution >= 4 is 5.69 Å².